The summed E-state index contributed by atoms with van der Waals surface area (Å²) >= 11 is 0. The van der Waals surface area contributed by atoms with Gasteiger partial charge in [-0.1, -0.05) is 36.4 Å². The van der Waals surface area contributed by atoms with Gasteiger partial charge in [-0.2, -0.15) is 5.26 Å². The Morgan fingerprint density at radius 3 is 2.45 bits per heavy atom. The van der Waals surface area contributed by atoms with Crippen LogP contribution in [0.3, 0.4) is 0 Å². The largest absolute Gasteiger partial charge is 0.495 e. The highest BCUT2D eigenvalue weighted by Gasteiger charge is 2.36. The highest BCUT2D eigenvalue weighted by Crippen LogP contribution is 2.35. The number of fused-ring (bicyclic) bond motifs is 1. The van der Waals surface area contributed by atoms with Crippen LogP contribution < -0.4 is 4.74 Å². The SMILES string of the molecule is COc1c(C#N)cc2ccccc2c1CN(C)C(=O)C(c1ccc(F)cc1)N1CC[C@@H](CN(C)C(=O)OC(C)(C)C)C1. The van der Waals surface area contributed by atoms with E-state index in [1.165, 1.54) is 19.2 Å². The summed E-state index contributed by atoms with van der Waals surface area (Å²) in [5, 5.41) is 11.6. The molecular weight excluding hydrogens is 535 g/mol. The maximum atomic E-state index is 14.2. The summed E-state index contributed by atoms with van der Waals surface area (Å²) in [6.07, 6.45) is 0.414. The lowest BCUT2D eigenvalue weighted by Crippen LogP contribution is -2.41. The molecule has 3 aromatic rings. The highest BCUT2D eigenvalue weighted by molar-refractivity contribution is 5.91. The molecule has 0 aromatic heterocycles. The molecule has 1 saturated heterocycles. The number of amides is 2. The molecule has 3 aromatic carbocycles. The number of halogens is 1. The van der Waals surface area contributed by atoms with Gasteiger partial charge in [-0.05, 0) is 74.2 Å². The average Bonchev–Trinajstić information content (AvgIpc) is 3.40. The Labute approximate surface area is 247 Å². The number of methoxy groups -OCH3 is 1. The van der Waals surface area contributed by atoms with Crippen LogP contribution in [0.1, 0.15) is 49.9 Å². The Balaban J connectivity index is 1.59. The molecule has 1 heterocycles. The summed E-state index contributed by atoms with van der Waals surface area (Å²) in [5.74, 6) is 0.0536. The summed E-state index contributed by atoms with van der Waals surface area (Å²) in [7, 11) is 4.98. The molecule has 0 aliphatic carbocycles. The van der Waals surface area contributed by atoms with Gasteiger partial charge in [-0.3, -0.25) is 9.69 Å². The molecule has 0 bridgehead atoms. The number of hydrogen-bond acceptors (Lipinski definition) is 6. The molecule has 0 saturated carbocycles. The number of nitrogens with zero attached hydrogens (tertiary/aromatic N) is 4. The van der Waals surface area contributed by atoms with Gasteiger partial charge < -0.3 is 19.3 Å². The number of rotatable bonds is 8. The maximum absolute atomic E-state index is 14.2. The van der Waals surface area contributed by atoms with Crippen LogP contribution in [-0.4, -0.2) is 73.1 Å². The van der Waals surface area contributed by atoms with Crippen molar-refractivity contribution in [1.29, 1.82) is 5.26 Å². The summed E-state index contributed by atoms with van der Waals surface area (Å²) in [4.78, 5) is 32.1. The molecule has 42 heavy (non-hydrogen) atoms. The van der Waals surface area contributed by atoms with Crippen LogP contribution in [0.15, 0.2) is 54.6 Å². The molecule has 2 amide bonds. The number of ether oxygens (including phenoxy) is 2. The van der Waals surface area contributed by atoms with Crippen molar-refractivity contribution in [3.63, 3.8) is 0 Å². The van der Waals surface area contributed by atoms with Gasteiger partial charge in [0.15, 0.2) is 0 Å². The van der Waals surface area contributed by atoms with Gasteiger partial charge in [-0.25, -0.2) is 9.18 Å². The second-order valence-electron chi connectivity index (χ2n) is 11.9. The smallest absolute Gasteiger partial charge is 0.410 e. The van der Waals surface area contributed by atoms with Crippen LogP contribution in [0.25, 0.3) is 10.8 Å². The van der Waals surface area contributed by atoms with Crippen LogP contribution in [0, 0.1) is 23.1 Å². The Kier molecular flexibility index (Phi) is 9.37. The first kappa shape index (κ1) is 30.8. The minimum atomic E-state index is -0.649. The molecule has 0 spiro atoms. The molecule has 0 radical (unpaired) electrons. The van der Waals surface area contributed by atoms with E-state index in [0.29, 0.717) is 36.5 Å². The van der Waals surface area contributed by atoms with E-state index in [-0.39, 0.29) is 30.3 Å². The number of carbonyl (C=O) groups excluding carboxylic acids is 2. The first-order valence-corrected chi connectivity index (χ1v) is 14.1. The third-order valence-electron chi connectivity index (χ3n) is 7.54. The van der Waals surface area contributed by atoms with Gasteiger partial charge in [-0.15, -0.1) is 0 Å². The van der Waals surface area contributed by atoms with E-state index < -0.39 is 11.6 Å². The second-order valence-corrected chi connectivity index (χ2v) is 11.9. The Bertz CT molecular complexity index is 1480. The molecule has 2 atom stereocenters. The van der Waals surface area contributed by atoms with Crippen molar-refractivity contribution < 1.29 is 23.5 Å². The van der Waals surface area contributed by atoms with Gasteiger partial charge in [0.05, 0.1) is 12.7 Å². The number of nitriles is 1. The van der Waals surface area contributed by atoms with Crippen molar-refractivity contribution in [2.75, 3.05) is 40.8 Å². The van der Waals surface area contributed by atoms with E-state index >= 15 is 0 Å². The van der Waals surface area contributed by atoms with Crippen LogP contribution in [-0.2, 0) is 16.1 Å². The molecule has 9 heteroatoms. The number of benzene rings is 3. The van der Waals surface area contributed by atoms with Crippen LogP contribution in [0.4, 0.5) is 9.18 Å². The lowest BCUT2D eigenvalue weighted by Gasteiger charge is -2.32. The molecular formula is C33H39FN4O4. The van der Waals surface area contributed by atoms with Crippen LogP contribution in [0.5, 0.6) is 5.75 Å². The minimum Gasteiger partial charge on any atom is -0.495 e. The van der Waals surface area contributed by atoms with E-state index in [1.807, 2.05) is 45.0 Å². The molecule has 8 nitrogen and oxygen atoms in total. The molecule has 222 valence electrons. The number of hydrogen-bond donors (Lipinski definition) is 0. The Hall–Kier alpha value is -4.16. The zero-order chi connectivity index (χ0) is 30.6. The Morgan fingerprint density at radius 1 is 1.12 bits per heavy atom. The lowest BCUT2D eigenvalue weighted by molar-refractivity contribution is -0.136. The predicted molar refractivity (Wildman–Crippen MR) is 159 cm³/mol. The zero-order valence-corrected chi connectivity index (χ0v) is 25.2. The third kappa shape index (κ3) is 7.00. The van der Waals surface area contributed by atoms with Crippen LogP contribution in [0.2, 0.25) is 0 Å². The molecule has 0 N–H and O–H groups in total. The molecule has 1 aliphatic heterocycles. The second kappa shape index (κ2) is 12.8. The van der Waals surface area contributed by atoms with Gasteiger partial charge in [0, 0.05) is 39.3 Å². The number of carbonyl (C=O) groups is 2. The monoisotopic (exact) mass is 574 g/mol. The fourth-order valence-corrected chi connectivity index (χ4v) is 5.60. The fourth-order valence-electron chi connectivity index (χ4n) is 5.60. The average molecular weight is 575 g/mol. The van der Waals surface area contributed by atoms with Crippen molar-refractivity contribution in [2.45, 2.75) is 45.4 Å². The normalized spacial score (nSPS) is 16.1. The van der Waals surface area contributed by atoms with E-state index in [0.717, 1.165) is 22.8 Å². The van der Waals surface area contributed by atoms with Gasteiger partial charge in [0.25, 0.3) is 0 Å². The minimum absolute atomic E-state index is 0.139. The van der Waals surface area contributed by atoms with Crippen molar-refractivity contribution in [1.82, 2.24) is 14.7 Å². The molecule has 1 fully saturated rings. The molecule has 1 aliphatic rings. The first-order chi connectivity index (χ1) is 19.9. The van der Waals surface area contributed by atoms with Crippen molar-refractivity contribution in [3.8, 4) is 11.8 Å². The highest BCUT2D eigenvalue weighted by atomic mass is 19.1. The third-order valence-corrected chi connectivity index (χ3v) is 7.54. The standard InChI is InChI=1S/C33H39FN4O4/c1-33(2,3)42-32(40)37(5)19-22-15-16-38(20-22)29(23-11-13-26(34)14-12-23)31(39)36(4)21-28-27-10-8-7-9-24(27)17-25(18-35)30(28)41-6/h7-14,17,22,29H,15-16,19-21H2,1-6H3/t22-,29?/m0/s1. The Morgan fingerprint density at radius 2 is 1.81 bits per heavy atom. The van der Waals surface area contributed by atoms with Crippen molar-refractivity contribution in [2.24, 2.45) is 5.92 Å². The van der Waals surface area contributed by atoms with Gasteiger partial charge in [0.1, 0.15) is 29.3 Å². The van der Waals surface area contributed by atoms with Crippen LogP contribution >= 0.6 is 0 Å². The summed E-state index contributed by atoms with van der Waals surface area (Å²) < 4.78 is 25.0. The van der Waals surface area contributed by atoms with Gasteiger partial charge in [0.2, 0.25) is 5.91 Å². The van der Waals surface area contributed by atoms with E-state index in [2.05, 4.69) is 11.0 Å². The van der Waals surface area contributed by atoms with E-state index in [1.54, 1.807) is 42.1 Å². The van der Waals surface area contributed by atoms with Crippen molar-refractivity contribution >= 4 is 22.8 Å². The van der Waals surface area contributed by atoms with Gasteiger partial charge >= 0.3 is 6.09 Å². The summed E-state index contributed by atoms with van der Waals surface area (Å²) in [5.41, 5.74) is 1.26. The lowest BCUT2D eigenvalue weighted by atomic mass is 9.98. The van der Waals surface area contributed by atoms with Crippen molar-refractivity contribution in [3.05, 3.63) is 77.1 Å². The summed E-state index contributed by atoms with van der Waals surface area (Å²) in [6.45, 7) is 7.45. The van der Waals surface area contributed by atoms with E-state index in [9.17, 15) is 19.2 Å². The topological polar surface area (TPSA) is 86.1 Å². The maximum Gasteiger partial charge on any atom is 0.410 e. The molecule has 4 rings (SSSR count). The number of likely N-dealkylation sites (tertiary alicyclic amines) is 1. The number of likely N-dealkylation sites (N-methyl/N-ethyl adjacent to an activating group) is 1. The quantitative estimate of drug-likeness (QED) is 0.341. The predicted octanol–water partition coefficient (Wildman–Crippen LogP) is 5.75. The fraction of sp³-hybridized carbons (Fsp3) is 0.424. The zero-order valence-electron chi connectivity index (χ0n) is 25.2. The van der Waals surface area contributed by atoms with E-state index in [4.69, 9.17) is 9.47 Å². The first-order valence-electron chi connectivity index (χ1n) is 14.1. The summed E-state index contributed by atoms with van der Waals surface area (Å²) in [6, 6.07) is 17.1. The molecule has 1 unspecified atom stereocenters.